The lowest BCUT2D eigenvalue weighted by molar-refractivity contribution is 0.649. The summed E-state index contributed by atoms with van der Waals surface area (Å²) in [6.07, 6.45) is 3.62. The molecular weight excluding hydrogens is 148 g/mol. The normalized spacial score (nSPS) is 12.5. The van der Waals surface area contributed by atoms with Gasteiger partial charge in [-0.2, -0.15) is 0 Å². The zero-order chi connectivity index (χ0) is 8.97. The minimum atomic E-state index is 0.358. The Labute approximate surface area is 73.3 Å². The van der Waals surface area contributed by atoms with Crippen LogP contribution < -0.4 is 5.32 Å². The van der Waals surface area contributed by atoms with Gasteiger partial charge in [-0.3, -0.25) is 4.98 Å². The van der Waals surface area contributed by atoms with Gasteiger partial charge in [0, 0.05) is 12.2 Å². The van der Waals surface area contributed by atoms with Crippen LogP contribution in [0.2, 0.25) is 0 Å². The Morgan fingerprint density at radius 1 is 1.58 bits per heavy atom. The van der Waals surface area contributed by atoms with Gasteiger partial charge >= 0.3 is 0 Å². The molecule has 64 valence electrons. The predicted molar refractivity (Wildman–Crippen MR) is 51.8 cm³/mol. The maximum atomic E-state index is 4.21. The molecule has 0 saturated heterocycles. The molecule has 0 fully saturated rings. The molecule has 1 rings (SSSR count). The number of rotatable bonds is 3. The van der Waals surface area contributed by atoms with E-state index in [1.54, 1.807) is 6.08 Å². The van der Waals surface area contributed by atoms with Crippen LogP contribution in [0.4, 0.5) is 0 Å². The summed E-state index contributed by atoms with van der Waals surface area (Å²) >= 11 is 0. The van der Waals surface area contributed by atoms with Crippen molar-refractivity contribution < 1.29 is 0 Å². The number of nitrogens with one attached hydrogen (secondary N) is 1. The van der Waals surface area contributed by atoms with Crippen LogP contribution in [0.15, 0.2) is 24.9 Å². The molecule has 2 nitrogen and oxygen atoms in total. The molecule has 0 bridgehead atoms. The number of aromatic nitrogens is 1. The van der Waals surface area contributed by atoms with Gasteiger partial charge in [-0.1, -0.05) is 12.6 Å². The van der Waals surface area contributed by atoms with Gasteiger partial charge in [-0.05, 0) is 31.7 Å². The molecule has 2 heteroatoms. The standard InChI is InChI=1S/C10H14N2/c1-4-10-6-5-9(7-12-10)8(2)11-3/h4-8,11H,1H2,2-3H3/t8-/m0/s1. The summed E-state index contributed by atoms with van der Waals surface area (Å²) in [5, 5.41) is 3.15. The van der Waals surface area contributed by atoms with Crippen LogP contribution >= 0.6 is 0 Å². The fourth-order valence-corrected chi connectivity index (χ4v) is 0.960. The van der Waals surface area contributed by atoms with E-state index in [1.165, 1.54) is 5.56 Å². The van der Waals surface area contributed by atoms with Crippen molar-refractivity contribution in [2.45, 2.75) is 13.0 Å². The van der Waals surface area contributed by atoms with E-state index in [4.69, 9.17) is 0 Å². The second-order valence-electron chi connectivity index (χ2n) is 2.73. The molecule has 0 unspecified atom stereocenters. The molecule has 0 aliphatic heterocycles. The first kappa shape index (κ1) is 8.94. The molecule has 0 aromatic carbocycles. The lowest BCUT2D eigenvalue weighted by atomic mass is 10.1. The van der Waals surface area contributed by atoms with Crippen LogP contribution in [0.1, 0.15) is 24.2 Å². The Hall–Kier alpha value is -1.15. The first-order valence-electron chi connectivity index (χ1n) is 4.03. The highest BCUT2D eigenvalue weighted by Crippen LogP contribution is 2.10. The van der Waals surface area contributed by atoms with E-state index >= 15 is 0 Å². The molecule has 0 radical (unpaired) electrons. The van der Waals surface area contributed by atoms with E-state index in [0.29, 0.717) is 6.04 Å². The van der Waals surface area contributed by atoms with Gasteiger partial charge in [0.1, 0.15) is 0 Å². The van der Waals surface area contributed by atoms with Crippen molar-refractivity contribution in [1.29, 1.82) is 0 Å². The summed E-state index contributed by atoms with van der Waals surface area (Å²) in [7, 11) is 1.94. The Morgan fingerprint density at radius 3 is 2.75 bits per heavy atom. The van der Waals surface area contributed by atoms with Crippen molar-refractivity contribution in [3.05, 3.63) is 36.2 Å². The first-order chi connectivity index (χ1) is 5.77. The van der Waals surface area contributed by atoms with Crippen molar-refractivity contribution in [1.82, 2.24) is 10.3 Å². The van der Waals surface area contributed by atoms with Crippen molar-refractivity contribution in [3.8, 4) is 0 Å². The maximum absolute atomic E-state index is 4.21. The largest absolute Gasteiger partial charge is 0.313 e. The number of hydrogen-bond acceptors (Lipinski definition) is 2. The zero-order valence-electron chi connectivity index (χ0n) is 7.54. The molecular formula is C10H14N2. The van der Waals surface area contributed by atoms with Gasteiger partial charge in [-0.15, -0.1) is 0 Å². The third-order valence-electron chi connectivity index (χ3n) is 1.95. The third-order valence-corrected chi connectivity index (χ3v) is 1.95. The average molecular weight is 162 g/mol. The molecule has 1 aromatic rings. The highest BCUT2D eigenvalue weighted by Gasteiger charge is 2.00. The second-order valence-corrected chi connectivity index (χ2v) is 2.73. The smallest absolute Gasteiger partial charge is 0.0623 e. The Kier molecular flexibility index (Phi) is 3.00. The summed E-state index contributed by atoms with van der Waals surface area (Å²) in [5.74, 6) is 0. The number of hydrogen-bond donors (Lipinski definition) is 1. The van der Waals surface area contributed by atoms with E-state index in [2.05, 4.69) is 29.9 Å². The summed E-state index contributed by atoms with van der Waals surface area (Å²) in [5.41, 5.74) is 2.12. The van der Waals surface area contributed by atoms with E-state index in [-0.39, 0.29) is 0 Å². The molecule has 0 amide bonds. The van der Waals surface area contributed by atoms with Crippen LogP contribution in [0.25, 0.3) is 6.08 Å². The van der Waals surface area contributed by atoms with Crippen LogP contribution in [0.5, 0.6) is 0 Å². The maximum Gasteiger partial charge on any atom is 0.0623 e. The Morgan fingerprint density at radius 2 is 2.33 bits per heavy atom. The van der Waals surface area contributed by atoms with Crippen molar-refractivity contribution in [3.63, 3.8) is 0 Å². The molecule has 0 aliphatic carbocycles. The second kappa shape index (κ2) is 4.02. The van der Waals surface area contributed by atoms with Crippen molar-refractivity contribution in [2.24, 2.45) is 0 Å². The molecule has 12 heavy (non-hydrogen) atoms. The first-order valence-corrected chi connectivity index (χ1v) is 4.03. The van der Waals surface area contributed by atoms with Gasteiger partial charge in [0.05, 0.1) is 5.69 Å². The topological polar surface area (TPSA) is 24.9 Å². The lowest BCUT2D eigenvalue weighted by Crippen LogP contribution is -2.12. The highest BCUT2D eigenvalue weighted by atomic mass is 14.9. The van der Waals surface area contributed by atoms with Crippen LogP contribution in [0.3, 0.4) is 0 Å². The zero-order valence-corrected chi connectivity index (χ0v) is 7.54. The van der Waals surface area contributed by atoms with Gasteiger partial charge < -0.3 is 5.32 Å². The Bertz CT molecular complexity index is 251. The molecule has 0 aliphatic rings. The summed E-state index contributed by atoms with van der Waals surface area (Å²) in [6.45, 7) is 5.75. The van der Waals surface area contributed by atoms with Gasteiger partial charge in [0.2, 0.25) is 0 Å². The van der Waals surface area contributed by atoms with Crippen molar-refractivity contribution >= 4 is 6.08 Å². The van der Waals surface area contributed by atoms with E-state index < -0.39 is 0 Å². The molecule has 1 atom stereocenters. The van der Waals surface area contributed by atoms with E-state index in [0.717, 1.165) is 5.69 Å². The van der Waals surface area contributed by atoms with Crippen LogP contribution in [0, 0.1) is 0 Å². The van der Waals surface area contributed by atoms with Crippen LogP contribution in [-0.4, -0.2) is 12.0 Å². The SMILES string of the molecule is C=Cc1ccc([C@H](C)NC)cn1. The molecule has 1 heterocycles. The third kappa shape index (κ3) is 1.92. The average Bonchev–Trinajstić information content (AvgIpc) is 2.17. The summed E-state index contributed by atoms with van der Waals surface area (Å²) in [6, 6.07) is 4.39. The van der Waals surface area contributed by atoms with Gasteiger partial charge in [-0.25, -0.2) is 0 Å². The molecule has 0 spiro atoms. The summed E-state index contributed by atoms with van der Waals surface area (Å²) < 4.78 is 0. The fraction of sp³-hybridized carbons (Fsp3) is 0.300. The fourth-order valence-electron chi connectivity index (χ4n) is 0.960. The highest BCUT2D eigenvalue weighted by molar-refractivity contribution is 5.41. The molecule has 0 saturated carbocycles. The van der Waals surface area contributed by atoms with Crippen molar-refractivity contribution in [2.75, 3.05) is 7.05 Å². The lowest BCUT2D eigenvalue weighted by Gasteiger charge is -2.09. The minimum Gasteiger partial charge on any atom is -0.313 e. The number of nitrogens with zero attached hydrogens (tertiary/aromatic N) is 1. The minimum absolute atomic E-state index is 0.358. The molecule has 1 N–H and O–H groups in total. The van der Waals surface area contributed by atoms with Crippen LogP contribution in [-0.2, 0) is 0 Å². The van der Waals surface area contributed by atoms with Gasteiger partial charge in [0.25, 0.3) is 0 Å². The monoisotopic (exact) mass is 162 g/mol. The van der Waals surface area contributed by atoms with Gasteiger partial charge in [0.15, 0.2) is 0 Å². The molecule has 1 aromatic heterocycles. The summed E-state index contributed by atoms with van der Waals surface area (Å²) in [4.78, 5) is 4.21. The Balaban J connectivity index is 2.84. The predicted octanol–water partition coefficient (Wildman–Crippen LogP) is 2.00. The quantitative estimate of drug-likeness (QED) is 0.735. The van der Waals surface area contributed by atoms with E-state index in [1.807, 2.05) is 19.3 Å². The number of pyridine rings is 1. The van der Waals surface area contributed by atoms with E-state index in [9.17, 15) is 0 Å².